The fourth-order valence-electron chi connectivity index (χ4n) is 1.14. The Hall–Kier alpha value is -0.0700. The molecular weight excluding hydrogens is 253 g/mol. The molecule has 0 bridgehead atoms. The predicted octanol–water partition coefficient (Wildman–Crippen LogP) is 2.21. The van der Waals surface area contributed by atoms with E-state index in [1.54, 1.807) is 11.3 Å². The number of aromatic nitrogens is 1. The van der Waals surface area contributed by atoms with Crippen LogP contribution in [0.3, 0.4) is 0 Å². The van der Waals surface area contributed by atoms with Crippen LogP contribution in [0.2, 0.25) is 0 Å². The Kier molecular flexibility index (Phi) is 5.78. The van der Waals surface area contributed by atoms with E-state index in [0.717, 1.165) is 14.6 Å². The van der Waals surface area contributed by atoms with Crippen molar-refractivity contribution in [2.24, 2.45) is 0 Å². The summed E-state index contributed by atoms with van der Waals surface area (Å²) in [4.78, 5) is 14.7. The van der Waals surface area contributed by atoms with Gasteiger partial charge in [-0.15, -0.1) is 11.3 Å². The third-order valence-corrected chi connectivity index (χ3v) is 4.00. The molecule has 6 heteroatoms. The van der Waals surface area contributed by atoms with Crippen LogP contribution in [0.1, 0.15) is 6.42 Å². The van der Waals surface area contributed by atoms with Crippen molar-refractivity contribution < 1.29 is 9.90 Å². The first kappa shape index (κ1) is 14.0. The molecule has 3 nitrogen and oxygen atoms in total. The van der Waals surface area contributed by atoms with Gasteiger partial charge in [0.25, 0.3) is 0 Å². The van der Waals surface area contributed by atoms with E-state index >= 15 is 0 Å². The Bertz CT molecular complexity index is 453. The van der Waals surface area contributed by atoms with Crippen LogP contribution in [0.4, 0.5) is 0 Å². The maximum absolute atomic E-state index is 10.3. The molecule has 80 valence electrons. The van der Waals surface area contributed by atoms with Crippen molar-refractivity contribution >= 4 is 68.8 Å². The van der Waals surface area contributed by atoms with Crippen molar-refractivity contribution in [1.82, 2.24) is 4.98 Å². The van der Waals surface area contributed by atoms with Gasteiger partial charge < -0.3 is 5.11 Å². The summed E-state index contributed by atoms with van der Waals surface area (Å²) in [6.45, 7) is 0. The van der Waals surface area contributed by atoms with Crippen LogP contribution in [0.15, 0.2) is 28.6 Å². The van der Waals surface area contributed by atoms with Crippen molar-refractivity contribution in [3.8, 4) is 0 Å². The van der Waals surface area contributed by atoms with Gasteiger partial charge in [-0.1, -0.05) is 23.9 Å². The number of fused-ring (bicyclic) bond motifs is 1. The van der Waals surface area contributed by atoms with Crippen LogP contribution in [-0.2, 0) is 4.79 Å². The second-order valence-electron chi connectivity index (χ2n) is 2.94. The molecule has 0 atom stereocenters. The van der Waals surface area contributed by atoms with Gasteiger partial charge in [-0.3, -0.25) is 4.79 Å². The summed E-state index contributed by atoms with van der Waals surface area (Å²) < 4.78 is 2.09. The monoisotopic (exact) mass is 263 g/mol. The number of aliphatic carboxylic acids is 1. The van der Waals surface area contributed by atoms with Crippen molar-refractivity contribution in [2.45, 2.75) is 10.8 Å². The number of carboxylic acid groups (broad SMARTS) is 1. The molecule has 0 saturated carbocycles. The summed E-state index contributed by atoms with van der Waals surface area (Å²) in [6, 6.07) is 7.92. The van der Waals surface area contributed by atoms with E-state index < -0.39 is 5.97 Å². The fourth-order valence-corrected chi connectivity index (χ4v) is 3.20. The first-order valence-corrected chi connectivity index (χ1v) is 6.26. The maximum atomic E-state index is 10.3. The molecule has 0 spiro atoms. The minimum absolute atomic E-state index is 0. The van der Waals surface area contributed by atoms with E-state index in [1.165, 1.54) is 11.8 Å². The summed E-state index contributed by atoms with van der Waals surface area (Å²) >= 11 is 3.11. The normalized spacial score (nSPS) is 10.0. The molecule has 2 rings (SSSR count). The van der Waals surface area contributed by atoms with Gasteiger partial charge in [-0.05, 0) is 12.1 Å². The first-order valence-electron chi connectivity index (χ1n) is 4.46. The number of para-hydroxylation sites is 1. The van der Waals surface area contributed by atoms with E-state index in [-0.39, 0.29) is 36.0 Å². The summed E-state index contributed by atoms with van der Waals surface area (Å²) in [7, 11) is 0. The zero-order valence-electron chi connectivity index (χ0n) is 7.84. The topological polar surface area (TPSA) is 50.2 Å². The van der Waals surface area contributed by atoms with Gasteiger partial charge in [0.15, 0.2) is 4.34 Å². The van der Waals surface area contributed by atoms with E-state index in [4.69, 9.17) is 5.11 Å². The molecular formula is C10H10NNaO2S2. The Morgan fingerprint density at radius 2 is 2.19 bits per heavy atom. The molecule has 0 amide bonds. The number of benzene rings is 1. The third-order valence-electron chi connectivity index (χ3n) is 1.82. The molecule has 0 unspecified atom stereocenters. The Labute approximate surface area is 124 Å². The van der Waals surface area contributed by atoms with E-state index in [9.17, 15) is 4.79 Å². The van der Waals surface area contributed by atoms with E-state index in [2.05, 4.69) is 4.98 Å². The predicted molar refractivity (Wildman–Crippen MR) is 69.7 cm³/mol. The molecule has 16 heavy (non-hydrogen) atoms. The SMILES string of the molecule is O=C(O)CCSc1nc2ccccc2s1.[NaH]. The van der Waals surface area contributed by atoms with Gasteiger partial charge in [-0.2, -0.15) is 0 Å². The molecule has 0 aliphatic carbocycles. The number of carboxylic acids is 1. The fraction of sp³-hybridized carbons (Fsp3) is 0.200. The standard InChI is InChI=1S/C10H9NO2S2.Na.H/c12-9(13)5-6-14-10-11-7-3-1-2-4-8(7)15-10;;/h1-4H,5-6H2,(H,12,13);;. The van der Waals surface area contributed by atoms with Crippen LogP contribution in [-0.4, -0.2) is 51.4 Å². The Morgan fingerprint density at radius 1 is 1.44 bits per heavy atom. The zero-order valence-corrected chi connectivity index (χ0v) is 9.48. The van der Waals surface area contributed by atoms with Crippen molar-refractivity contribution in [3.63, 3.8) is 0 Å². The van der Waals surface area contributed by atoms with Crippen LogP contribution >= 0.6 is 23.1 Å². The number of hydrogen-bond donors (Lipinski definition) is 1. The van der Waals surface area contributed by atoms with Crippen molar-refractivity contribution in [3.05, 3.63) is 24.3 Å². The first-order chi connectivity index (χ1) is 7.25. The Balaban J connectivity index is 0.00000128. The van der Waals surface area contributed by atoms with Crippen LogP contribution < -0.4 is 0 Å². The second-order valence-corrected chi connectivity index (χ2v) is 5.31. The quantitative estimate of drug-likeness (QED) is 0.679. The molecule has 0 aliphatic heterocycles. The second kappa shape index (κ2) is 6.61. The number of rotatable bonds is 4. The van der Waals surface area contributed by atoms with Gasteiger partial charge in [-0.25, -0.2) is 4.98 Å². The van der Waals surface area contributed by atoms with Crippen LogP contribution in [0, 0.1) is 0 Å². The van der Waals surface area contributed by atoms with E-state index in [0.29, 0.717) is 5.75 Å². The molecule has 2 aromatic rings. The molecule has 1 N–H and O–H groups in total. The molecule has 0 fully saturated rings. The Morgan fingerprint density at radius 3 is 2.88 bits per heavy atom. The molecule has 0 saturated heterocycles. The minimum atomic E-state index is -0.761. The summed E-state index contributed by atoms with van der Waals surface area (Å²) in [5.41, 5.74) is 0.986. The summed E-state index contributed by atoms with van der Waals surface area (Å²) in [6.07, 6.45) is 0.181. The summed E-state index contributed by atoms with van der Waals surface area (Å²) in [5.74, 6) is -0.182. The van der Waals surface area contributed by atoms with Crippen LogP contribution in [0.5, 0.6) is 0 Å². The zero-order chi connectivity index (χ0) is 10.7. The van der Waals surface area contributed by atoms with E-state index in [1.807, 2.05) is 24.3 Å². The van der Waals surface area contributed by atoms with Gasteiger partial charge >= 0.3 is 35.5 Å². The van der Waals surface area contributed by atoms with Crippen molar-refractivity contribution in [1.29, 1.82) is 0 Å². The summed E-state index contributed by atoms with van der Waals surface area (Å²) in [5, 5.41) is 8.50. The molecule has 1 aromatic carbocycles. The van der Waals surface area contributed by atoms with Gasteiger partial charge in [0.2, 0.25) is 0 Å². The van der Waals surface area contributed by atoms with Gasteiger partial charge in [0, 0.05) is 5.75 Å². The third kappa shape index (κ3) is 3.75. The van der Waals surface area contributed by atoms with Crippen molar-refractivity contribution in [2.75, 3.05) is 5.75 Å². The molecule has 0 radical (unpaired) electrons. The molecule has 1 aromatic heterocycles. The number of carbonyl (C=O) groups is 1. The van der Waals surface area contributed by atoms with Gasteiger partial charge in [0.05, 0.1) is 16.6 Å². The number of hydrogen-bond acceptors (Lipinski definition) is 4. The average molecular weight is 263 g/mol. The number of thiazole rings is 1. The van der Waals surface area contributed by atoms with Crippen LogP contribution in [0.25, 0.3) is 10.2 Å². The van der Waals surface area contributed by atoms with Gasteiger partial charge in [0.1, 0.15) is 0 Å². The molecule has 1 heterocycles. The number of nitrogens with zero attached hydrogens (tertiary/aromatic N) is 1. The number of thioether (sulfide) groups is 1. The average Bonchev–Trinajstić information content (AvgIpc) is 2.59. The molecule has 0 aliphatic rings.